The quantitative estimate of drug-likeness (QED) is 0.606. The van der Waals surface area contributed by atoms with Crippen molar-refractivity contribution in [1.82, 2.24) is 0 Å². The Bertz CT molecular complexity index is 873. The summed E-state index contributed by atoms with van der Waals surface area (Å²) in [4.78, 5) is 25.0. The highest BCUT2D eigenvalue weighted by Crippen LogP contribution is 2.40. The third kappa shape index (κ3) is 3.57. The lowest BCUT2D eigenvalue weighted by Crippen LogP contribution is -2.34. The van der Waals surface area contributed by atoms with Gasteiger partial charge in [-0.1, -0.05) is 30.3 Å². The molecule has 1 aliphatic carbocycles. The van der Waals surface area contributed by atoms with Gasteiger partial charge >= 0.3 is 5.97 Å². The number of ketones is 1. The molecule has 5 heteroatoms. The highest BCUT2D eigenvalue weighted by atomic mass is 19.1. The fourth-order valence-electron chi connectivity index (χ4n) is 3.34. The Balaban J connectivity index is 2.06. The molecule has 0 fully saturated rings. The molecule has 1 aliphatic rings. The van der Waals surface area contributed by atoms with Crippen molar-refractivity contribution in [2.75, 3.05) is 6.61 Å². The Morgan fingerprint density at radius 3 is 2.62 bits per heavy atom. The molecule has 0 heterocycles. The minimum atomic E-state index is -1.06. The van der Waals surface area contributed by atoms with Crippen LogP contribution in [0.4, 0.5) is 8.78 Å². The zero-order valence-corrected chi connectivity index (χ0v) is 14.2. The number of carbonyl (C=O) groups excluding carboxylic acids is 2. The van der Waals surface area contributed by atoms with Crippen LogP contribution in [0, 0.1) is 17.6 Å². The van der Waals surface area contributed by atoms with Gasteiger partial charge in [-0.25, -0.2) is 8.78 Å². The van der Waals surface area contributed by atoms with E-state index in [1.54, 1.807) is 31.2 Å². The number of esters is 1. The lowest BCUT2D eigenvalue weighted by molar-refractivity contribution is -0.151. The zero-order valence-electron chi connectivity index (χ0n) is 14.2. The van der Waals surface area contributed by atoms with Crippen molar-refractivity contribution < 1.29 is 23.1 Å². The molecule has 0 amide bonds. The normalized spacial score (nSPS) is 19.8. The molecule has 2 aromatic rings. The van der Waals surface area contributed by atoms with Gasteiger partial charge in [0.05, 0.1) is 6.61 Å². The van der Waals surface area contributed by atoms with Gasteiger partial charge in [-0.2, -0.15) is 0 Å². The van der Waals surface area contributed by atoms with Gasteiger partial charge in [-0.05, 0) is 48.8 Å². The van der Waals surface area contributed by atoms with E-state index in [4.69, 9.17) is 4.74 Å². The molecule has 0 saturated heterocycles. The molecule has 26 heavy (non-hydrogen) atoms. The van der Waals surface area contributed by atoms with Crippen LogP contribution in [0.3, 0.4) is 0 Å². The van der Waals surface area contributed by atoms with Crippen molar-refractivity contribution >= 4 is 17.3 Å². The van der Waals surface area contributed by atoms with Crippen molar-refractivity contribution in [3.05, 3.63) is 77.4 Å². The van der Waals surface area contributed by atoms with E-state index < -0.39 is 35.2 Å². The van der Waals surface area contributed by atoms with Crippen LogP contribution in [0.25, 0.3) is 5.57 Å². The molecule has 0 radical (unpaired) electrons. The fraction of sp³-hybridized carbons (Fsp3) is 0.238. The van der Waals surface area contributed by atoms with Crippen LogP contribution < -0.4 is 0 Å². The number of hydrogen-bond acceptors (Lipinski definition) is 3. The Hall–Kier alpha value is -2.82. The van der Waals surface area contributed by atoms with Crippen LogP contribution >= 0.6 is 0 Å². The number of ether oxygens (including phenoxy) is 1. The maximum atomic E-state index is 14.2. The summed E-state index contributed by atoms with van der Waals surface area (Å²) in [5.41, 5.74) is 1.31. The number of hydrogen-bond donors (Lipinski definition) is 0. The van der Waals surface area contributed by atoms with Crippen molar-refractivity contribution in [2.24, 2.45) is 5.92 Å². The standard InChI is InChI=1S/C21H18F2O3/c1-2-26-21(25)20-17(13-6-5-7-15(22)10-13)11-14(12-19(20)24)16-8-3-4-9-18(16)23/h3-10,12,17,20H,2,11H2,1H3. The van der Waals surface area contributed by atoms with E-state index in [9.17, 15) is 18.4 Å². The van der Waals surface area contributed by atoms with Gasteiger partial charge in [0, 0.05) is 11.5 Å². The van der Waals surface area contributed by atoms with Gasteiger partial charge in [0.2, 0.25) is 0 Å². The summed E-state index contributed by atoms with van der Waals surface area (Å²) in [6.45, 7) is 1.80. The molecular formula is C21H18F2O3. The maximum Gasteiger partial charge on any atom is 0.317 e. The molecule has 3 rings (SSSR count). The average Bonchev–Trinajstić information content (AvgIpc) is 2.61. The summed E-state index contributed by atoms with van der Waals surface area (Å²) in [5, 5.41) is 0. The molecule has 0 aliphatic heterocycles. The Morgan fingerprint density at radius 1 is 1.15 bits per heavy atom. The summed E-state index contributed by atoms with van der Waals surface area (Å²) in [6.07, 6.45) is 1.54. The first-order chi connectivity index (χ1) is 12.5. The first kappa shape index (κ1) is 18.0. The van der Waals surface area contributed by atoms with Crippen LogP contribution in [0.15, 0.2) is 54.6 Å². The number of allylic oxidation sites excluding steroid dienone is 2. The van der Waals surface area contributed by atoms with E-state index >= 15 is 0 Å². The second-order valence-electron chi connectivity index (χ2n) is 6.15. The first-order valence-corrected chi connectivity index (χ1v) is 8.42. The summed E-state index contributed by atoms with van der Waals surface area (Å²) < 4.78 is 32.9. The molecule has 2 aromatic carbocycles. The molecular weight excluding hydrogens is 338 g/mol. The predicted molar refractivity (Wildman–Crippen MR) is 93.3 cm³/mol. The highest BCUT2D eigenvalue weighted by Gasteiger charge is 2.40. The number of halogens is 2. The molecule has 3 nitrogen and oxygen atoms in total. The summed E-state index contributed by atoms with van der Waals surface area (Å²) in [6, 6.07) is 11.9. The van der Waals surface area contributed by atoms with Crippen LogP contribution in [-0.4, -0.2) is 18.4 Å². The van der Waals surface area contributed by atoms with Crippen LogP contribution in [-0.2, 0) is 14.3 Å². The Morgan fingerprint density at radius 2 is 1.92 bits per heavy atom. The Labute approximate surface area is 150 Å². The van der Waals surface area contributed by atoms with Gasteiger partial charge in [0.25, 0.3) is 0 Å². The van der Waals surface area contributed by atoms with E-state index in [-0.39, 0.29) is 13.0 Å². The number of benzene rings is 2. The van der Waals surface area contributed by atoms with Crippen LogP contribution in [0.2, 0.25) is 0 Å². The summed E-state index contributed by atoms with van der Waals surface area (Å²) >= 11 is 0. The molecule has 0 bridgehead atoms. The lowest BCUT2D eigenvalue weighted by Gasteiger charge is -2.29. The van der Waals surface area contributed by atoms with E-state index in [1.807, 2.05) is 0 Å². The van der Waals surface area contributed by atoms with Crippen molar-refractivity contribution in [2.45, 2.75) is 19.3 Å². The predicted octanol–water partition coefficient (Wildman–Crippen LogP) is 4.28. The second-order valence-corrected chi connectivity index (χ2v) is 6.15. The topological polar surface area (TPSA) is 43.4 Å². The van der Waals surface area contributed by atoms with Gasteiger partial charge in [0.1, 0.15) is 17.6 Å². The maximum absolute atomic E-state index is 14.2. The first-order valence-electron chi connectivity index (χ1n) is 8.42. The third-order valence-electron chi connectivity index (χ3n) is 4.50. The molecule has 0 spiro atoms. The zero-order chi connectivity index (χ0) is 18.7. The third-order valence-corrected chi connectivity index (χ3v) is 4.50. The number of carbonyl (C=O) groups is 2. The minimum Gasteiger partial charge on any atom is -0.465 e. The SMILES string of the molecule is CCOC(=O)C1C(=O)C=C(c2ccccc2F)CC1c1cccc(F)c1. The van der Waals surface area contributed by atoms with Gasteiger partial charge in [-0.15, -0.1) is 0 Å². The molecule has 0 N–H and O–H groups in total. The monoisotopic (exact) mass is 356 g/mol. The Kier molecular flexibility index (Phi) is 5.26. The smallest absolute Gasteiger partial charge is 0.317 e. The molecule has 0 aromatic heterocycles. The molecule has 134 valence electrons. The van der Waals surface area contributed by atoms with Crippen molar-refractivity contribution in [3.8, 4) is 0 Å². The van der Waals surface area contributed by atoms with E-state index in [0.29, 0.717) is 16.7 Å². The van der Waals surface area contributed by atoms with E-state index in [2.05, 4.69) is 0 Å². The average molecular weight is 356 g/mol. The van der Waals surface area contributed by atoms with Gasteiger partial charge < -0.3 is 4.74 Å². The summed E-state index contributed by atoms with van der Waals surface area (Å²) in [7, 11) is 0. The van der Waals surface area contributed by atoms with Gasteiger partial charge in [-0.3, -0.25) is 9.59 Å². The van der Waals surface area contributed by atoms with Crippen LogP contribution in [0.1, 0.15) is 30.4 Å². The van der Waals surface area contributed by atoms with E-state index in [0.717, 1.165) is 0 Å². The van der Waals surface area contributed by atoms with Crippen LogP contribution in [0.5, 0.6) is 0 Å². The highest BCUT2D eigenvalue weighted by molar-refractivity contribution is 6.10. The molecule has 2 atom stereocenters. The molecule has 0 saturated carbocycles. The summed E-state index contributed by atoms with van der Waals surface area (Å²) in [5.74, 6) is -3.68. The lowest BCUT2D eigenvalue weighted by atomic mass is 9.73. The fourth-order valence-corrected chi connectivity index (χ4v) is 3.34. The van der Waals surface area contributed by atoms with E-state index in [1.165, 1.54) is 30.3 Å². The second kappa shape index (κ2) is 7.60. The molecule has 2 unspecified atom stereocenters. The van der Waals surface area contributed by atoms with Crippen molar-refractivity contribution in [1.29, 1.82) is 0 Å². The largest absolute Gasteiger partial charge is 0.465 e. The minimum absolute atomic E-state index is 0.141. The van der Waals surface area contributed by atoms with Crippen molar-refractivity contribution in [3.63, 3.8) is 0 Å². The number of rotatable bonds is 4. The van der Waals surface area contributed by atoms with Gasteiger partial charge in [0.15, 0.2) is 5.78 Å².